The van der Waals surface area contributed by atoms with E-state index in [0.717, 1.165) is 5.56 Å². The molecular weight excluding hydrogens is 385 g/mol. The Kier molecular flexibility index (Phi) is 5.58. The molecule has 3 aromatic rings. The van der Waals surface area contributed by atoms with Gasteiger partial charge in [-0.15, -0.1) is 0 Å². The van der Waals surface area contributed by atoms with E-state index in [1.54, 1.807) is 42.5 Å². The monoisotopic (exact) mass is 395 g/mol. The Hall–Kier alpha value is -2.08. The van der Waals surface area contributed by atoms with Crippen molar-refractivity contribution in [2.24, 2.45) is 0 Å². The first-order chi connectivity index (χ1) is 12.0. The fraction of sp³-hybridized carbons (Fsp3) is 0.118. The standard InChI is InChI=1S/C17H12Cl3N3O2/c18-11-3-1-10(2-4-11)17-22-16(25-23-17)8-7-15(24)21-14-9-12(19)5-6-13(14)20/h1-6,9H,7-8H2,(H,21,24). The summed E-state index contributed by atoms with van der Waals surface area (Å²) < 4.78 is 5.17. The van der Waals surface area contributed by atoms with Crippen LogP contribution in [-0.4, -0.2) is 16.0 Å². The lowest BCUT2D eigenvalue weighted by Gasteiger charge is -2.06. The topological polar surface area (TPSA) is 68.0 Å². The zero-order valence-corrected chi connectivity index (χ0v) is 15.1. The lowest BCUT2D eigenvalue weighted by Crippen LogP contribution is -2.12. The zero-order chi connectivity index (χ0) is 17.8. The number of carbonyl (C=O) groups excluding carboxylic acids is 1. The minimum Gasteiger partial charge on any atom is -0.339 e. The number of anilines is 1. The summed E-state index contributed by atoms with van der Waals surface area (Å²) in [5.41, 5.74) is 1.25. The zero-order valence-electron chi connectivity index (χ0n) is 12.8. The Morgan fingerprint density at radius 3 is 2.52 bits per heavy atom. The first kappa shape index (κ1) is 17.7. The maximum atomic E-state index is 12.0. The van der Waals surface area contributed by atoms with E-state index in [9.17, 15) is 4.79 Å². The summed E-state index contributed by atoms with van der Waals surface area (Å²) in [6.45, 7) is 0. The van der Waals surface area contributed by atoms with Crippen LogP contribution in [0.4, 0.5) is 5.69 Å². The van der Waals surface area contributed by atoms with Crippen LogP contribution in [0.25, 0.3) is 11.4 Å². The van der Waals surface area contributed by atoms with Crippen molar-refractivity contribution in [2.45, 2.75) is 12.8 Å². The Morgan fingerprint density at radius 2 is 1.76 bits per heavy atom. The lowest BCUT2D eigenvalue weighted by molar-refractivity contribution is -0.116. The molecule has 0 aliphatic heterocycles. The SMILES string of the molecule is O=C(CCc1nc(-c2ccc(Cl)cc2)no1)Nc1cc(Cl)ccc1Cl. The van der Waals surface area contributed by atoms with Gasteiger partial charge in [-0.3, -0.25) is 4.79 Å². The third kappa shape index (κ3) is 4.72. The summed E-state index contributed by atoms with van der Waals surface area (Å²) >= 11 is 17.8. The number of amides is 1. The molecule has 1 heterocycles. The maximum Gasteiger partial charge on any atom is 0.227 e. The molecule has 3 rings (SSSR count). The molecule has 1 N–H and O–H groups in total. The van der Waals surface area contributed by atoms with Crippen LogP contribution in [0.5, 0.6) is 0 Å². The Balaban J connectivity index is 1.59. The van der Waals surface area contributed by atoms with E-state index in [4.69, 9.17) is 39.3 Å². The van der Waals surface area contributed by atoms with Gasteiger partial charge in [0, 0.05) is 28.5 Å². The highest BCUT2D eigenvalue weighted by atomic mass is 35.5. The first-order valence-electron chi connectivity index (χ1n) is 7.35. The minimum absolute atomic E-state index is 0.172. The van der Waals surface area contributed by atoms with Gasteiger partial charge in [0.15, 0.2) is 0 Å². The second-order valence-electron chi connectivity index (χ2n) is 5.19. The average Bonchev–Trinajstić information content (AvgIpc) is 3.06. The highest BCUT2D eigenvalue weighted by molar-refractivity contribution is 6.35. The fourth-order valence-corrected chi connectivity index (χ4v) is 2.56. The molecule has 0 radical (unpaired) electrons. The van der Waals surface area contributed by atoms with Crippen molar-refractivity contribution < 1.29 is 9.32 Å². The molecule has 0 fully saturated rings. The van der Waals surface area contributed by atoms with E-state index in [1.807, 2.05) is 0 Å². The summed E-state index contributed by atoms with van der Waals surface area (Å²) in [6, 6.07) is 11.9. The molecular formula is C17H12Cl3N3O2. The molecule has 25 heavy (non-hydrogen) atoms. The van der Waals surface area contributed by atoms with Crippen LogP contribution in [0, 0.1) is 0 Å². The van der Waals surface area contributed by atoms with Gasteiger partial charge in [0.25, 0.3) is 0 Å². The van der Waals surface area contributed by atoms with Crippen LogP contribution in [0.2, 0.25) is 15.1 Å². The third-order valence-electron chi connectivity index (χ3n) is 3.34. The quantitative estimate of drug-likeness (QED) is 0.638. The summed E-state index contributed by atoms with van der Waals surface area (Å²) in [5, 5.41) is 8.15. The van der Waals surface area contributed by atoms with Crippen molar-refractivity contribution in [3.05, 3.63) is 63.4 Å². The normalized spacial score (nSPS) is 10.7. The molecule has 0 saturated heterocycles. The Morgan fingerprint density at radius 1 is 1.04 bits per heavy atom. The molecule has 0 atom stereocenters. The predicted molar refractivity (Wildman–Crippen MR) is 98.2 cm³/mol. The lowest BCUT2D eigenvalue weighted by atomic mass is 10.2. The fourth-order valence-electron chi connectivity index (χ4n) is 2.10. The van der Waals surface area contributed by atoms with Gasteiger partial charge in [-0.05, 0) is 42.5 Å². The molecule has 5 nitrogen and oxygen atoms in total. The van der Waals surface area contributed by atoms with Crippen LogP contribution in [0.3, 0.4) is 0 Å². The summed E-state index contributed by atoms with van der Waals surface area (Å²) in [5.74, 6) is 0.595. The molecule has 128 valence electrons. The molecule has 0 bridgehead atoms. The molecule has 2 aromatic carbocycles. The van der Waals surface area contributed by atoms with E-state index >= 15 is 0 Å². The molecule has 8 heteroatoms. The Labute approximate surface area is 158 Å². The molecule has 0 unspecified atom stereocenters. The van der Waals surface area contributed by atoms with Gasteiger partial charge in [-0.2, -0.15) is 4.98 Å². The van der Waals surface area contributed by atoms with Gasteiger partial charge >= 0.3 is 0 Å². The number of benzene rings is 2. The highest BCUT2D eigenvalue weighted by Gasteiger charge is 2.12. The van der Waals surface area contributed by atoms with Crippen molar-refractivity contribution in [1.29, 1.82) is 0 Å². The van der Waals surface area contributed by atoms with Gasteiger partial charge in [-0.1, -0.05) is 40.0 Å². The van der Waals surface area contributed by atoms with Crippen molar-refractivity contribution >= 4 is 46.4 Å². The number of nitrogens with zero attached hydrogens (tertiary/aromatic N) is 2. The first-order valence-corrected chi connectivity index (χ1v) is 8.48. The molecule has 0 aliphatic carbocycles. The van der Waals surface area contributed by atoms with Crippen LogP contribution >= 0.6 is 34.8 Å². The predicted octanol–water partition coefficient (Wildman–Crippen LogP) is 5.27. The van der Waals surface area contributed by atoms with Gasteiger partial charge < -0.3 is 9.84 Å². The van der Waals surface area contributed by atoms with E-state index in [1.165, 1.54) is 0 Å². The number of aromatic nitrogens is 2. The van der Waals surface area contributed by atoms with Crippen LogP contribution < -0.4 is 5.32 Å². The van der Waals surface area contributed by atoms with Crippen LogP contribution in [0.1, 0.15) is 12.3 Å². The number of halogens is 3. The van der Waals surface area contributed by atoms with E-state index in [0.29, 0.717) is 38.9 Å². The van der Waals surface area contributed by atoms with E-state index < -0.39 is 0 Å². The number of nitrogens with one attached hydrogen (secondary N) is 1. The molecule has 0 aliphatic rings. The van der Waals surface area contributed by atoms with Gasteiger partial charge in [0.1, 0.15) is 0 Å². The van der Waals surface area contributed by atoms with Gasteiger partial charge in [0.05, 0.1) is 10.7 Å². The van der Waals surface area contributed by atoms with Gasteiger partial charge in [-0.25, -0.2) is 0 Å². The second kappa shape index (κ2) is 7.87. The minimum atomic E-state index is -0.226. The van der Waals surface area contributed by atoms with E-state index in [-0.39, 0.29) is 12.3 Å². The van der Waals surface area contributed by atoms with Crippen molar-refractivity contribution in [3.8, 4) is 11.4 Å². The van der Waals surface area contributed by atoms with Crippen LogP contribution in [-0.2, 0) is 11.2 Å². The number of aryl methyl sites for hydroxylation is 1. The largest absolute Gasteiger partial charge is 0.339 e. The van der Waals surface area contributed by atoms with Crippen molar-refractivity contribution in [1.82, 2.24) is 10.1 Å². The number of hydrogen-bond donors (Lipinski definition) is 1. The van der Waals surface area contributed by atoms with Crippen molar-refractivity contribution in [2.75, 3.05) is 5.32 Å². The van der Waals surface area contributed by atoms with E-state index in [2.05, 4.69) is 15.5 Å². The molecule has 1 amide bonds. The third-order valence-corrected chi connectivity index (χ3v) is 4.16. The summed E-state index contributed by atoms with van der Waals surface area (Å²) in [6.07, 6.45) is 0.482. The second-order valence-corrected chi connectivity index (χ2v) is 6.47. The molecule has 0 saturated carbocycles. The van der Waals surface area contributed by atoms with Crippen LogP contribution in [0.15, 0.2) is 47.0 Å². The Bertz CT molecular complexity index is 894. The van der Waals surface area contributed by atoms with Crippen molar-refractivity contribution in [3.63, 3.8) is 0 Å². The number of carbonyl (C=O) groups is 1. The summed E-state index contributed by atoms with van der Waals surface area (Å²) in [4.78, 5) is 16.3. The van der Waals surface area contributed by atoms with Gasteiger partial charge in [0.2, 0.25) is 17.6 Å². The highest BCUT2D eigenvalue weighted by Crippen LogP contribution is 2.25. The smallest absolute Gasteiger partial charge is 0.227 e. The molecule has 1 aromatic heterocycles. The molecule has 0 spiro atoms. The number of rotatable bonds is 5. The number of hydrogen-bond acceptors (Lipinski definition) is 4. The maximum absolute atomic E-state index is 12.0. The average molecular weight is 397 g/mol. The summed E-state index contributed by atoms with van der Waals surface area (Å²) in [7, 11) is 0.